The molecule has 0 bridgehead atoms. The molecule has 0 aliphatic heterocycles. The summed E-state index contributed by atoms with van der Waals surface area (Å²) in [5, 5.41) is 8.69. The SMILES string of the molecule is c1ccc(-c2cc(-c3ccc(-c4cccc5c4sc4ccccc45)cc3)nc(-c3cccc(-c4ccc5nc(-c6cccc7ccccc67)c6sc7ccccc7c6c5c4)c3)n2)cc1. The molecule has 4 aromatic heterocycles. The predicted molar refractivity (Wildman–Crippen MR) is 273 cm³/mol. The number of rotatable bonds is 6. The lowest BCUT2D eigenvalue weighted by Crippen LogP contribution is -1.96. The van der Waals surface area contributed by atoms with Crippen LogP contribution in [0.2, 0.25) is 0 Å². The summed E-state index contributed by atoms with van der Waals surface area (Å²) in [7, 11) is 0. The lowest BCUT2D eigenvalue weighted by atomic mass is 9.96. The third kappa shape index (κ3) is 6.12. The highest BCUT2D eigenvalue weighted by molar-refractivity contribution is 7.26. The average molecular weight is 850 g/mol. The summed E-state index contributed by atoms with van der Waals surface area (Å²) >= 11 is 3.69. The molecule has 13 aromatic rings. The molecular formula is C59H35N3S2. The van der Waals surface area contributed by atoms with Crippen molar-refractivity contribution >= 4 is 84.7 Å². The van der Waals surface area contributed by atoms with E-state index in [0.29, 0.717) is 5.82 Å². The molecule has 64 heavy (non-hydrogen) atoms. The van der Waals surface area contributed by atoms with Crippen LogP contribution in [0.3, 0.4) is 0 Å². The highest BCUT2D eigenvalue weighted by atomic mass is 32.1. The van der Waals surface area contributed by atoms with Gasteiger partial charge >= 0.3 is 0 Å². The van der Waals surface area contributed by atoms with Crippen LogP contribution < -0.4 is 0 Å². The molecule has 0 amide bonds. The van der Waals surface area contributed by atoms with Crippen molar-refractivity contribution in [3.8, 4) is 67.4 Å². The van der Waals surface area contributed by atoms with Gasteiger partial charge in [-0.3, -0.25) is 0 Å². The minimum Gasteiger partial charge on any atom is -0.246 e. The number of benzene rings is 9. The Labute approximate surface area is 377 Å². The summed E-state index contributed by atoms with van der Waals surface area (Å²) in [5.41, 5.74) is 12.6. The van der Waals surface area contributed by atoms with Crippen LogP contribution in [0.1, 0.15) is 0 Å². The van der Waals surface area contributed by atoms with Crippen LogP contribution in [0, 0.1) is 0 Å². The number of hydrogen-bond donors (Lipinski definition) is 0. The number of aromatic nitrogens is 3. The van der Waals surface area contributed by atoms with Crippen molar-refractivity contribution in [3.05, 3.63) is 212 Å². The van der Waals surface area contributed by atoms with Crippen molar-refractivity contribution in [2.75, 3.05) is 0 Å². The minimum atomic E-state index is 0.686. The van der Waals surface area contributed by atoms with Gasteiger partial charge in [0.25, 0.3) is 0 Å². The Morgan fingerprint density at radius 1 is 0.312 bits per heavy atom. The van der Waals surface area contributed by atoms with Gasteiger partial charge in [0.1, 0.15) is 0 Å². The van der Waals surface area contributed by atoms with E-state index in [1.807, 2.05) is 28.7 Å². The number of thiophene rings is 2. The maximum Gasteiger partial charge on any atom is 0.160 e. The molecule has 298 valence electrons. The van der Waals surface area contributed by atoms with Gasteiger partial charge in [0, 0.05) is 63.3 Å². The maximum absolute atomic E-state index is 5.43. The van der Waals surface area contributed by atoms with Crippen LogP contribution in [0.15, 0.2) is 212 Å². The number of nitrogens with zero attached hydrogens (tertiary/aromatic N) is 3. The van der Waals surface area contributed by atoms with E-state index in [4.69, 9.17) is 15.0 Å². The highest BCUT2D eigenvalue weighted by Gasteiger charge is 2.19. The molecule has 0 saturated heterocycles. The van der Waals surface area contributed by atoms with Gasteiger partial charge in [-0.15, -0.1) is 22.7 Å². The molecular weight excluding hydrogens is 815 g/mol. The second-order valence-corrected chi connectivity index (χ2v) is 18.4. The first-order valence-corrected chi connectivity index (χ1v) is 23.1. The summed E-state index contributed by atoms with van der Waals surface area (Å²) in [6.07, 6.45) is 0. The van der Waals surface area contributed by atoms with Crippen LogP contribution >= 0.6 is 22.7 Å². The van der Waals surface area contributed by atoms with Crippen molar-refractivity contribution in [1.82, 2.24) is 15.0 Å². The Morgan fingerprint density at radius 3 is 1.72 bits per heavy atom. The number of fused-ring (bicyclic) bond motifs is 9. The third-order valence-electron chi connectivity index (χ3n) is 12.5. The van der Waals surface area contributed by atoms with E-state index in [-0.39, 0.29) is 0 Å². The number of hydrogen-bond acceptors (Lipinski definition) is 5. The van der Waals surface area contributed by atoms with Gasteiger partial charge < -0.3 is 0 Å². The fourth-order valence-corrected chi connectivity index (χ4v) is 11.9. The molecule has 5 heteroatoms. The zero-order chi connectivity index (χ0) is 42.1. The van der Waals surface area contributed by atoms with Crippen molar-refractivity contribution in [2.45, 2.75) is 0 Å². The standard InChI is InChI=1S/C59H35N3S2/c1-2-14-38(15-3-1)51-35-52(39-29-27-37(28-30-39)44-22-12-24-47-45-20-6-8-25-53(45)63-57(44)47)62-59(61-51)42-18-10-17-40(33-42)41-31-32-50-49(34-41)55-48-21-7-9-26-54(48)64-58(55)56(60-50)46-23-11-16-36-13-4-5-19-43(36)46/h1-35H. The molecule has 0 spiro atoms. The summed E-state index contributed by atoms with van der Waals surface area (Å²) in [5.74, 6) is 0.686. The van der Waals surface area contributed by atoms with E-state index < -0.39 is 0 Å². The second kappa shape index (κ2) is 14.9. The first-order valence-electron chi connectivity index (χ1n) is 21.5. The van der Waals surface area contributed by atoms with Gasteiger partial charge in [-0.1, -0.05) is 176 Å². The van der Waals surface area contributed by atoms with Gasteiger partial charge in [-0.05, 0) is 69.4 Å². The van der Waals surface area contributed by atoms with E-state index in [2.05, 4.69) is 206 Å². The molecule has 0 aliphatic carbocycles. The molecule has 0 unspecified atom stereocenters. The first kappa shape index (κ1) is 36.8. The van der Waals surface area contributed by atoms with Crippen LogP contribution in [-0.4, -0.2) is 15.0 Å². The normalized spacial score (nSPS) is 11.8. The fourth-order valence-electron chi connectivity index (χ4n) is 9.39. The molecule has 3 nitrogen and oxygen atoms in total. The van der Waals surface area contributed by atoms with Crippen LogP contribution in [0.4, 0.5) is 0 Å². The van der Waals surface area contributed by atoms with Gasteiger partial charge in [0.15, 0.2) is 5.82 Å². The summed E-state index contributed by atoms with van der Waals surface area (Å²) < 4.78 is 5.09. The number of pyridine rings is 1. The fraction of sp³-hybridized carbons (Fsp3) is 0. The topological polar surface area (TPSA) is 38.7 Å². The molecule has 0 saturated carbocycles. The summed E-state index contributed by atoms with van der Waals surface area (Å²) in [6, 6.07) is 75.9. The van der Waals surface area contributed by atoms with E-state index in [9.17, 15) is 0 Å². The monoisotopic (exact) mass is 849 g/mol. The van der Waals surface area contributed by atoms with Crippen LogP contribution in [0.5, 0.6) is 0 Å². The Kier molecular flexibility index (Phi) is 8.58. The van der Waals surface area contributed by atoms with Crippen molar-refractivity contribution < 1.29 is 0 Å². The quantitative estimate of drug-likeness (QED) is 0.167. The smallest absolute Gasteiger partial charge is 0.160 e. The molecule has 0 radical (unpaired) electrons. The van der Waals surface area contributed by atoms with Crippen molar-refractivity contribution in [2.24, 2.45) is 0 Å². The maximum atomic E-state index is 5.43. The summed E-state index contributed by atoms with van der Waals surface area (Å²) in [4.78, 5) is 15.9. The second-order valence-electron chi connectivity index (χ2n) is 16.3. The van der Waals surface area contributed by atoms with Gasteiger partial charge in [0.05, 0.1) is 27.3 Å². The van der Waals surface area contributed by atoms with Crippen LogP contribution in [-0.2, 0) is 0 Å². The molecule has 0 N–H and O–H groups in total. The van der Waals surface area contributed by atoms with E-state index in [1.54, 1.807) is 0 Å². The summed E-state index contributed by atoms with van der Waals surface area (Å²) in [6.45, 7) is 0. The minimum absolute atomic E-state index is 0.686. The third-order valence-corrected chi connectivity index (χ3v) is 14.9. The van der Waals surface area contributed by atoms with Gasteiger partial charge in [0.2, 0.25) is 0 Å². The highest BCUT2D eigenvalue weighted by Crippen LogP contribution is 2.45. The lowest BCUT2D eigenvalue weighted by Gasteiger charge is -2.12. The van der Waals surface area contributed by atoms with E-state index >= 15 is 0 Å². The van der Waals surface area contributed by atoms with E-state index in [1.165, 1.54) is 62.2 Å². The molecule has 0 atom stereocenters. The van der Waals surface area contributed by atoms with Crippen molar-refractivity contribution in [1.29, 1.82) is 0 Å². The molecule has 0 fully saturated rings. The Bertz CT molecular complexity index is 3950. The predicted octanol–water partition coefficient (Wildman–Crippen LogP) is 16.9. The molecule has 9 aromatic carbocycles. The molecule has 4 heterocycles. The van der Waals surface area contributed by atoms with Gasteiger partial charge in [-0.25, -0.2) is 15.0 Å². The largest absolute Gasteiger partial charge is 0.246 e. The lowest BCUT2D eigenvalue weighted by molar-refractivity contribution is 1.18. The average Bonchev–Trinajstić information content (AvgIpc) is 3.96. The first-order chi connectivity index (χ1) is 31.7. The zero-order valence-corrected chi connectivity index (χ0v) is 36.0. The molecule has 0 aliphatic rings. The Hall–Kier alpha value is -7.83. The van der Waals surface area contributed by atoms with Crippen molar-refractivity contribution in [3.63, 3.8) is 0 Å². The van der Waals surface area contributed by atoms with Gasteiger partial charge in [-0.2, -0.15) is 0 Å². The van der Waals surface area contributed by atoms with Crippen LogP contribution in [0.25, 0.3) is 129 Å². The Balaban J connectivity index is 0.920. The van der Waals surface area contributed by atoms with E-state index in [0.717, 1.165) is 61.4 Å². The Morgan fingerprint density at radius 2 is 0.875 bits per heavy atom. The molecule has 13 rings (SSSR count). The zero-order valence-electron chi connectivity index (χ0n) is 34.4.